The molecule has 11 heteroatoms. The van der Waals surface area contributed by atoms with Crippen molar-refractivity contribution in [3.05, 3.63) is 63.0 Å². The maximum Gasteiger partial charge on any atom is 0.335 e. The van der Waals surface area contributed by atoms with Gasteiger partial charge in [0, 0.05) is 13.1 Å². The molecule has 2 heterocycles. The number of methoxy groups -OCH3 is 1. The Kier molecular flexibility index (Phi) is 8.40. The highest BCUT2D eigenvalue weighted by atomic mass is 35.5. The van der Waals surface area contributed by atoms with E-state index in [0.717, 1.165) is 41.5 Å². The molecule has 0 atom stereocenters. The molecule has 0 saturated carbocycles. The van der Waals surface area contributed by atoms with Crippen LogP contribution in [0.5, 0.6) is 11.5 Å². The van der Waals surface area contributed by atoms with E-state index in [1.807, 2.05) is 0 Å². The number of nitrogens with zero attached hydrogens (tertiary/aromatic N) is 2. The van der Waals surface area contributed by atoms with Crippen LogP contribution in [0.3, 0.4) is 0 Å². The van der Waals surface area contributed by atoms with Gasteiger partial charge in [-0.3, -0.25) is 19.3 Å². The molecule has 3 amide bonds. The Morgan fingerprint density at radius 2 is 1.81 bits per heavy atom. The normalized spacial score (nSPS) is 16.9. The molecule has 2 aliphatic heterocycles. The number of halogens is 1. The molecule has 2 aromatic rings. The molecule has 0 bridgehead atoms. The zero-order valence-electron chi connectivity index (χ0n) is 20.1. The lowest BCUT2D eigenvalue weighted by molar-refractivity contribution is -0.136. The van der Waals surface area contributed by atoms with Gasteiger partial charge in [-0.1, -0.05) is 23.7 Å². The lowest BCUT2D eigenvalue weighted by Crippen LogP contribution is -2.44. The van der Waals surface area contributed by atoms with Crippen LogP contribution in [0.25, 0.3) is 6.08 Å². The van der Waals surface area contributed by atoms with E-state index in [9.17, 15) is 19.2 Å². The Labute approximate surface area is 223 Å². The zero-order valence-corrected chi connectivity index (χ0v) is 21.6. The summed E-state index contributed by atoms with van der Waals surface area (Å²) < 4.78 is 11.2. The second-order valence-electron chi connectivity index (χ2n) is 8.53. The molecule has 0 radical (unpaired) electrons. The quantitative estimate of drug-likeness (QED) is 0.477. The number of amides is 3. The molecule has 4 rings (SSSR count). The number of carboxylic acids is 1. The number of ether oxygens (including phenoxy) is 2. The lowest BCUT2D eigenvalue weighted by Gasteiger charge is -2.27. The van der Waals surface area contributed by atoms with Crippen molar-refractivity contribution in [2.45, 2.75) is 25.9 Å². The fourth-order valence-corrected chi connectivity index (χ4v) is 5.14. The van der Waals surface area contributed by atoms with E-state index in [1.165, 1.54) is 25.3 Å². The summed E-state index contributed by atoms with van der Waals surface area (Å²) in [6.07, 6.45) is 4.45. The van der Waals surface area contributed by atoms with Crippen molar-refractivity contribution in [3.63, 3.8) is 0 Å². The summed E-state index contributed by atoms with van der Waals surface area (Å²) in [4.78, 5) is 51.8. The number of hydrogen-bond acceptors (Lipinski definition) is 7. The van der Waals surface area contributed by atoms with Gasteiger partial charge >= 0.3 is 5.97 Å². The Balaban J connectivity index is 1.46. The predicted octanol–water partition coefficient (Wildman–Crippen LogP) is 4.67. The highest BCUT2D eigenvalue weighted by molar-refractivity contribution is 8.18. The predicted molar refractivity (Wildman–Crippen MR) is 139 cm³/mol. The number of benzene rings is 2. The van der Waals surface area contributed by atoms with Gasteiger partial charge in [-0.2, -0.15) is 0 Å². The van der Waals surface area contributed by atoms with Gasteiger partial charge in [0.05, 0.1) is 22.6 Å². The minimum Gasteiger partial charge on any atom is -0.493 e. The SMILES string of the molecule is COc1cc(/C=C2\SC(=O)N(CC(=O)N3CCCCC3)C2=O)cc(Cl)c1OCc1ccc(C(=O)O)cc1. The minimum absolute atomic E-state index is 0.124. The third kappa shape index (κ3) is 6.26. The van der Waals surface area contributed by atoms with Crippen molar-refractivity contribution in [1.29, 1.82) is 0 Å². The first-order valence-electron chi connectivity index (χ1n) is 11.6. The fourth-order valence-electron chi connectivity index (χ4n) is 4.03. The van der Waals surface area contributed by atoms with Crippen LogP contribution >= 0.6 is 23.4 Å². The number of carboxylic acid groups (broad SMARTS) is 1. The molecule has 9 nitrogen and oxygen atoms in total. The van der Waals surface area contributed by atoms with E-state index in [0.29, 0.717) is 24.4 Å². The summed E-state index contributed by atoms with van der Waals surface area (Å²) >= 11 is 7.22. The highest BCUT2D eigenvalue weighted by Crippen LogP contribution is 2.39. The average molecular weight is 545 g/mol. The van der Waals surface area contributed by atoms with Crippen molar-refractivity contribution in [1.82, 2.24) is 9.80 Å². The van der Waals surface area contributed by atoms with E-state index in [4.69, 9.17) is 26.2 Å². The van der Waals surface area contributed by atoms with E-state index in [-0.39, 0.29) is 40.3 Å². The Hall–Kier alpha value is -3.50. The number of rotatable bonds is 8. The molecule has 2 fully saturated rings. The monoisotopic (exact) mass is 544 g/mol. The first-order valence-corrected chi connectivity index (χ1v) is 12.8. The van der Waals surface area contributed by atoms with Gasteiger partial charge in [-0.25, -0.2) is 4.79 Å². The summed E-state index contributed by atoms with van der Waals surface area (Å²) in [5, 5.41) is 8.76. The van der Waals surface area contributed by atoms with Crippen LogP contribution in [-0.2, 0) is 16.2 Å². The Bertz CT molecular complexity index is 1260. The molecular weight excluding hydrogens is 520 g/mol. The summed E-state index contributed by atoms with van der Waals surface area (Å²) in [6.45, 7) is 1.14. The lowest BCUT2D eigenvalue weighted by atomic mass is 10.1. The standard InChI is InChI=1S/C26H25ClN2O7S/c1-35-20-12-17(11-19(27)23(20)36-15-16-5-7-18(8-6-16)25(32)33)13-21-24(31)29(26(34)37-21)14-22(30)28-9-3-2-4-10-28/h5-8,11-13H,2-4,9-10,14-15H2,1H3,(H,32,33)/b21-13-. The zero-order chi connectivity index (χ0) is 26.5. The van der Waals surface area contributed by atoms with Gasteiger partial charge in [0.25, 0.3) is 11.1 Å². The summed E-state index contributed by atoms with van der Waals surface area (Å²) in [6, 6.07) is 9.46. The topological polar surface area (TPSA) is 113 Å². The van der Waals surface area contributed by atoms with Gasteiger partial charge in [-0.15, -0.1) is 0 Å². The number of hydrogen-bond donors (Lipinski definition) is 1. The number of thioether (sulfide) groups is 1. The molecular formula is C26H25ClN2O7S. The summed E-state index contributed by atoms with van der Waals surface area (Å²) in [5.41, 5.74) is 1.43. The van der Waals surface area contributed by atoms with Crippen LogP contribution in [0.2, 0.25) is 5.02 Å². The van der Waals surface area contributed by atoms with Crippen molar-refractivity contribution in [2.75, 3.05) is 26.7 Å². The van der Waals surface area contributed by atoms with Crippen molar-refractivity contribution < 1.29 is 33.8 Å². The van der Waals surface area contributed by atoms with Crippen LogP contribution < -0.4 is 9.47 Å². The molecule has 0 spiro atoms. The van der Waals surface area contributed by atoms with Crippen molar-refractivity contribution in [3.8, 4) is 11.5 Å². The van der Waals surface area contributed by atoms with E-state index < -0.39 is 17.1 Å². The maximum absolute atomic E-state index is 12.9. The molecule has 0 aliphatic carbocycles. The summed E-state index contributed by atoms with van der Waals surface area (Å²) in [5.74, 6) is -1.17. The third-order valence-electron chi connectivity index (χ3n) is 6.01. The van der Waals surface area contributed by atoms with Gasteiger partial charge in [0.2, 0.25) is 5.91 Å². The molecule has 194 valence electrons. The van der Waals surface area contributed by atoms with E-state index in [2.05, 4.69) is 0 Å². The van der Waals surface area contributed by atoms with Crippen LogP contribution in [-0.4, -0.2) is 64.7 Å². The maximum atomic E-state index is 12.9. The van der Waals surface area contributed by atoms with Gasteiger partial charge in [0.1, 0.15) is 13.2 Å². The first kappa shape index (κ1) is 26.6. The number of piperidine rings is 1. The molecule has 0 unspecified atom stereocenters. The number of aromatic carboxylic acids is 1. The first-order chi connectivity index (χ1) is 17.8. The smallest absolute Gasteiger partial charge is 0.335 e. The number of imide groups is 1. The van der Waals surface area contributed by atoms with Crippen LogP contribution in [0, 0.1) is 0 Å². The molecule has 2 saturated heterocycles. The molecule has 0 aromatic heterocycles. The van der Waals surface area contributed by atoms with E-state index >= 15 is 0 Å². The summed E-state index contributed by atoms with van der Waals surface area (Å²) in [7, 11) is 1.45. The average Bonchev–Trinajstić information content (AvgIpc) is 3.15. The largest absolute Gasteiger partial charge is 0.493 e. The molecule has 2 aromatic carbocycles. The number of likely N-dealkylation sites (tertiary alicyclic amines) is 1. The highest BCUT2D eigenvalue weighted by Gasteiger charge is 2.37. The fraction of sp³-hybridized carbons (Fsp3) is 0.308. The number of carbonyl (C=O) groups excluding carboxylic acids is 3. The molecule has 37 heavy (non-hydrogen) atoms. The molecule has 2 aliphatic rings. The second-order valence-corrected chi connectivity index (χ2v) is 9.93. The Morgan fingerprint density at radius 3 is 2.46 bits per heavy atom. The van der Waals surface area contributed by atoms with Gasteiger partial charge in [-0.05, 0) is 72.5 Å². The van der Waals surface area contributed by atoms with Gasteiger partial charge < -0.3 is 19.5 Å². The third-order valence-corrected chi connectivity index (χ3v) is 7.20. The van der Waals surface area contributed by atoms with Crippen LogP contribution in [0.4, 0.5) is 4.79 Å². The van der Waals surface area contributed by atoms with E-state index in [1.54, 1.807) is 29.2 Å². The Morgan fingerprint density at radius 1 is 1.11 bits per heavy atom. The number of carbonyl (C=O) groups is 4. The van der Waals surface area contributed by atoms with Crippen molar-refractivity contribution >= 4 is 52.5 Å². The van der Waals surface area contributed by atoms with Crippen molar-refractivity contribution in [2.24, 2.45) is 0 Å². The minimum atomic E-state index is -1.01. The van der Waals surface area contributed by atoms with Gasteiger partial charge in [0.15, 0.2) is 11.5 Å². The van der Waals surface area contributed by atoms with Crippen LogP contribution in [0.15, 0.2) is 41.3 Å². The second kappa shape index (κ2) is 11.7. The van der Waals surface area contributed by atoms with Crippen LogP contribution in [0.1, 0.15) is 40.7 Å². The molecule has 1 N–H and O–H groups in total.